The molecule has 0 aliphatic carbocycles. The van der Waals surface area contributed by atoms with Gasteiger partial charge in [-0.15, -0.1) is 0 Å². The molecule has 1 aliphatic heterocycles. The Balaban J connectivity index is 2.14. The van der Waals surface area contributed by atoms with Crippen molar-refractivity contribution in [3.05, 3.63) is 30.1 Å². The van der Waals surface area contributed by atoms with Crippen molar-refractivity contribution in [1.82, 2.24) is 9.55 Å². The summed E-state index contributed by atoms with van der Waals surface area (Å²) in [6, 6.07) is 4.69. The second kappa shape index (κ2) is 3.47. The van der Waals surface area contributed by atoms with Crippen LogP contribution in [-0.4, -0.2) is 28.9 Å². The number of benzene rings is 1. The predicted octanol–water partition coefficient (Wildman–Crippen LogP) is 2.40. The van der Waals surface area contributed by atoms with Crippen molar-refractivity contribution >= 4 is 11.0 Å². The van der Waals surface area contributed by atoms with Gasteiger partial charge in [-0.3, -0.25) is 0 Å². The minimum atomic E-state index is -4.30. The van der Waals surface area contributed by atoms with Gasteiger partial charge in [0.1, 0.15) is 5.41 Å². The van der Waals surface area contributed by atoms with Gasteiger partial charge >= 0.3 is 6.18 Å². The maximum Gasteiger partial charge on any atom is 0.402 e. The smallest absolute Gasteiger partial charge is 0.379 e. The van der Waals surface area contributed by atoms with Gasteiger partial charge in [-0.05, 0) is 17.7 Å². The minimum absolute atomic E-state index is 0.229. The summed E-state index contributed by atoms with van der Waals surface area (Å²) < 4.78 is 46.0. The van der Waals surface area contributed by atoms with Crippen LogP contribution in [0.5, 0.6) is 0 Å². The molecule has 2 heterocycles. The van der Waals surface area contributed by atoms with Crippen LogP contribution >= 0.6 is 0 Å². The van der Waals surface area contributed by atoms with Crippen LogP contribution in [0, 0.1) is 0 Å². The van der Waals surface area contributed by atoms with Crippen LogP contribution in [0.15, 0.2) is 24.5 Å². The molecule has 96 valence electrons. The van der Waals surface area contributed by atoms with Gasteiger partial charge in [0.2, 0.25) is 0 Å². The largest absolute Gasteiger partial charge is 0.402 e. The zero-order valence-electron chi connectivity index (χ0n) is 9.66. The fourth-order valence-electron chi connectivity index (χ4n) is 2.23. The molecule has 3 nitrogen and oxygen atoms in total. The van der Waals surface area contributed by atoms with Gasteiger partial charge in [-0.25, -0.2) is 4.98 Å². The van der Waals surface area contributed by atoms with Crippen LogP contribution in [0.3, 0.4) is 0 Å². The first-order chi connectivity index (χ1) is 8.44. The number of alkyl halides is 3. The molecule has 1 aromatic heterocycles. The molecule has 0 saturated carbocycles. The van der Waals surface area contributed by atoms with E-state index in [1.165, 1.54) is 12.1 Å². The molecule has 18 heavy (non-hydrogen) atoms. The van der Waals surface area contributed by atoms with E-state index in [-0.39, 0.29) is 18.8 Å². The number of aryl methyl sites for hydroxylation is 1. The Morgan fingerprint density at radius 2 is 2.06 bits per heavy atom. The number of halogens is 3. The number of aromatic nitrogens is 2. The number of hydrogen-bond donors (Lipinski definition) is 0. The van der Waals surface area contributed by atoms with Crippen molar-refractivity contribution in [3.63, 3.8) is 0 Å². The van der Waals surface area contributed by atoms with E-state index < -0.39 is 11.6 Å². The fourth-order valence-corrected chi connectivity index (χ4v) is 2.23. The van der Waals surface area contributed by atoms with E-state index in [0.29, 0.717) is 5.52 Å². The molecule has 3 rings (SSSR count). The molecule has 0 atom stereocenters. The van der Waals surface area contributed by atoms with E-state index in [1.54, 1.807) is 24.0 Å². The number of hydrogen-bond acceptors (Lipinski definition) is 2. The molecule has 2 aromatic rings. The lowest BCUT2D eigenvalue weighted by Gasteiger charge is -2.42. The highest BCUT2D eigenvalue weighted by atomic mass is 19.4. The Morgan fingerprint density at radius 1 is 1.33 bits per heavy atom. The molecule has 0 N–H and O–H groups in total. The van der Waals surface area contributed by atoms with Gasteiger partial charge in [0.05, 0.1) is 30.6 Å². The Hall–Kier alpha value is -1.56. The highest BCUT2D eigenvalue weighted by Crippen LogP contribution is 2.46. The van der Waals surface area contributed by atoms with Crippen molar-refractivity contribution in [2.45, 2.75) is 11.6 Å². The van der Waals surface area contributed by atoms with Crippen molar-refractivity contribution in [2.75, 3.05) is 13.2 Å². The molecule has 1 fully saturated rings. The molecular weight excluding hydrogens is 245 g/mol. The molecule has 0 spiro atoms. The summed E-state index contributed by atoms with van der Waals surface area (Å²) in [5, 5.41) is 0. The van der Waals surface area contributed by atoms with Gasteiger partial charge in [0, 0.05) is 7.05 Å². The summed E-state index contributed by atoms with van der Waals surface area (Å²) in [6.45, 7) is -0.621. The average molecular weight is 256 g/mol. The fraction of sp³-hybridized carbons (Fsp3) is 0.417. The molecule has 0 unspecified atom stereocenters. The third-order valence-electron chi connectivity index (χ3n) is 3.52. The maximum absolute atomic E-state index is 13.1. The van der Waals surface area contributed by atoms with E-state index in [2.05, 4.69) is 4.98 Å². The van der Waals surface area contributed by atoms with Gasteiger partial charge in [-0.2, -0.15) is 13.2 Å². The SMILES string of the molecule is Cn1cnc2cc(C3(C(F)(F)F)COC3)ccc21. The molecular formula is C12H11F3N2O. The van der Waals surface area contributed by atoms with Crippen LogP contribution in [0.25, 0.3) is 11.0 Å². The first kappa shape index (κ1) is 11.5. The second-order valence-corrected chi connectivity index (χ2v) is 4.63. The highest BCUT2D eigenvalue weighted by Gasteiger charge is 2.61. The van der Waals surface area contributed by atoms with Crippen LogP contribution in [0.1, 0.15) is 5.56 Å². The second-order valence-electron chi connectivity index (χ2n) is 4.63. The van der Waals surface area contributed by atoms with Crippen LogP contribution in [-0.2, 0) is 17.2 Å². The lowest BCUT2D eigenvalue weighted by molar-refractivity contribution is -0.262. The third-order valence-corrected chi connectivity index (χ3v) is 3.52. The van der Waals surface area contributed by atoms with Gasteiger partial charge in [0.25, 0.3) is 0 Å². The van der Waals surface area contributed by atoms with Gasteiger partial charge in [-0.1, -0.05) is 6.07 Å². The van der Waals surface area contributed by atoms with E-state index >= 15 is 0 Å². The Labute approximate surface area is 101 Å². The number of ether oxygens (including phenoxy) is 1. The van der Waals surface area contributed by atoms with Crippen LogP contribution in [0.4, 0.5) is 13.2 Å². The molecule has 1 aliphatic rings. The van der Waals surface area contributed by atoms with Gasteiger partial charge in [0.15, 0.2) is 0 Å². The summed E-state index contributed by atoms with van der Waals surface area (Å²) in [7, 11) is 1.81. The topological polar surface area (TPSA) is 27.1 Å². The molecule has 0 amide bonds. The number of nitrogens with zero attached hydrogens (tertiary/aromatic N) is 2. The summed E-state index contributed by atoms with van der Waals surface area (Å²) >= 11 is 0. The summed E-state index contributed by atoms with van der Waals surface area (Å²) in [6.07, 6.45) is -2.71. The first-order valence-electron chi connectivity index (χ1n) is 5.50. The monoisotopic (exact) mass is 256 g/mol. The Morgan fingerprint density at radius 3 is 2.61 bits per heavy atom. The first-order valence-corrected chi connectivity index (χ1v) is 5.50. The molecule has 0 bridgehead atoms. The highest BCUT2D eigenvalue weighted by molar-refractivity contribution is 5.76. The normalized spacial score (nSPS) is 18.9. The van der Waals surface area contributed by atoms with Crippen molar-refractivity contribution in [2.24, 2.45) is 7.05 Å². The summed E-state index contributed by atoms with van der Waals surface area (Å²) in [4.78, 5) is 4.09. The molecule has 1 saturated heterocycles. The quantitative estimate of drug-likeness (QED) is 0.783. The van der Waals surface area contributed by atoms with E-state index in [1.807, 2.05) is 0 Å². The summed E-state index contributed by atoms with van der Waals surface area (Å²) in [5.41, 5.74) is -0.243. The lowest BCUT2D eigenvalue weighted by Crippen LogP contribution is -2.57. The molecule has 0 radical (unpaired) electrons. The number of imidazole rings is 1. The van der Waals surface area contributed by atoms with E-state index in [9.17, 15) is 13.2 Å². The minimum Gasteiger partial charge on any atom is -0.379 e. The zero-order chi connectivity index (χ0) is 13.0. The molecule has 6 heteroatoms. The summed E-state index contributed by atoms with van der Waals surface area (Å²) in [5.74, 6) is 0. The lowest BCUT2D eigenvalue weighted by atomic mass is 9.78. The number of rotatable bonds is 1. The Bertz CT molecular complexity index is 599. The van der Waals surface area contributed by atoms with E-state index in [0.717, 1.165) is 5.52 Å². The van der Waals surface area contributed by atoms with E-state index in [4.69, 9.17) is 4.74 Å². The molecule has 1 aromatic carbocycles. The number of fused-ring (bicyclic) bond motifs is 1. The third kappa shape index (κ3) is 1.38. The Kier molecular flexibility index (Phi) is 2.22. The van der Waals surface area contributed by atoms with Crippen molar-refractivity contribution in [3.8, 4) is 0 Å². The zero-order valence-corrected chi connectivity index (χ0v) is 9.66. The average Bonchev–Trinajstić information content (AvgIpc) is 2.56. The van der Waals surface area contributed by atoms with Crippen molar-refractivity contribution < 1.29 is 17.9 Å². The standard InChI is InChI=1S/C12H11F3N2O/c1-17-7-16-9-4-8(2-3-10(9)17)11(5-18-6-11)12(13,14)15/h2-4,7H,5-6H2,1H3. The predicted molar refractivity (Wildman–Crippen MR) is 59.3 cm³/mol. The van der Waals surface area contributed by atoms with Crippen LogP contribution < -0.4 is 0 Å². The van der Waals surface area contributed by atoms with Crippen LogP contribution in [0.2, 0.25) is 0 Å². The van der Waals surface area contributed by atoms with Gasteiger partial charge < -0.3 is 9.30 Å². The van der Waals surface area contributed by atoms with Crippen molar-refractivity contribution in [1.29, 1.82) is 0 Å². The maximum atomic E-state index is 13.1.